The first-order chi connectivity index (χ1) is 36.5. The third-order valence-corrected chi connectivity index (χ3v) is 11.2. The van der Waals surface area contributed by atoms with Gasteiger partial charge in [0.1, 0.15) is 23.7 Å². The van der Waals surface area contributed by atoms with Crippen molar-refractivity contribution >= 4 is 80.9 Å². The van der Waals surface area contributed by atoms with E-state index in [0.717, 1.165) is 33.6 Å². The minimum atomic E-state index is -1.29. The number of carbonyl (C=O) groups is 6. The van der Waals surface area contributed by atoms with Crippen LogP contribution in [-0.4, -0.2) is 112 Å². The standard InChI is InChI=1S/C26H31N5O5.C21H23N7O5.C6H12.C3H6/c1-15-28-22(26(2,3)4)19-12-16(13-27-23(19)29-15)14-31(5)18-8-6-17(7-9-18)24(34)30-20(25(35)36)10-11-21(32)33;1-28(10-11-8-14-17(22)26-21(23)27-18(14)24-9-11)13-4-2-12(3-5-13)19(31)25-15(20(32)33)6-7-16(29)30;1-5-6(2,3)4;1-3-2/h6-9,12-13,20H,10-11,14H2,1-5H3,(H,30,34)(H,32,33)(H,35,36);2-5,8-9,15H,6-7,10H2,1H3,(H,25,31)(H,29,30)(H,32,33)(H4,22,23,24,26,27);5H,1H2,2-4H3;3H,1H2,2H3. The Morgan fingerprint density at radius 1 is 0.641 bits per heavy atom. The first-order valence-electron chi connectivity index (χ1n) is 24.6. The van der Waals surface area contributed by atoms with Gasteiger partial charge in [-0.1, -0.05) is 53.7 Å². The highest BCUT2D eigenvalue weighted by atomic mass is 16.4. The predicted octanol–water partition coefficient (Wildman–Crippen LogP) is 7.60. The summed E-state index contributed by atoms with van der Waals surface area (Å²) in [6, 6.07) is 14.6. The van der Waals surface area contributed by atoms with Crippen LogP contribution in [0.15, 0.2) is 98.4 Å². The van der Waals surface area contributed by atoms with Gasteiger partial charge in [-0.25, -0.2) is 29.5 Å². The first kappa shape index (κ1) is 63.2. The maximum atomic E-state index is 12.5. The Kier molecular flexibility index (Phi) is 23.3. The fourth-order valence-corrected chi connectivity index (χ4v) is 7.00. The Morgan fingerprint density at radius 3 is 1.38 bits per heavy atom. The number of aliphatic carboxylic acids is 4. The fourth-order valence-electron chi connectivity index (χ4n) is 7.00. The Balaban J connectivity index is 0.000000356. The molecule has 2 aromatic carbocycles. The van der Waals surface area contributed by atoms with Crippen LogP contribution in [0.25, 0.3) is 22.1 Å². The lowest BCUT2D eigenvalue weighted by atomic mass is 9.89. The number of pyridine rings is 2. The van der Waals surface area contributed by atoms with Gasteiger partial charge in [0.2, 0.25) is 5.95 Å². The van der Waals surface area contributed by atoms with Crippen molar-refractivity contribution in [2.45, 2.75) is 112 Å². The first-order valence-corrected chi connectivity index (χ1v) is 24.6. The molecular formula is C56H72N12O10. The van der Waals surface area contributed by atoms with E-state index in [1.54, 1.807) is 67.0 Å². The van der Waals surface area contributed by atoms with Gasteiger partial charge >= 0.3 is 23.9 Å². The summed E-state index contributed by atoms with van der Waals surface area (Å²) in [5.74, 6) is -5.03. The van der Waals surface area contributed by atoms with Gasteiger partial charge in [0.25, 0.3) is 11.8 Å². The largest absolute Gasteiger partial charge is 0.481 e. The number of rotatable bonds is 18. The van der Waals surface area contributed by atoms with Crippen LogP contribution in [-0.2, 0) is 37.7 Å². The van der Waals surface area contributed by atoms with E-state index in [4.69, 9.17) is 21.7 Å². The second-order valence-corrected chi connectivity index (χ2v) is 20.1. The molecule has 0 bridgehead atoms. The number of aryl methyl sites for hydroxylation is 1. The minimum Gasteiger partial charge on any atom is -0.481 e. The highest BCUT2D eigenvalue weighted by Crippen LogP contribution is 2.28. The van der Waals surface area contributed by atoms with Gasteiger partial charge in [0, 0.05) is 85.7 Å². The summed E-state index contributed by atoms with van der Waals surface area (Å²) in [6.45, 7) is 24.5. The summed E-state index contributed by atoms with van der Waals surface area (Å²) in [5.41, 5.74) is 17.7. The number of benzene rings is 2. The van der Waals surface area contributed by atoms with Gasteiger partial charge in [-0.05, 0) is 104 Å². The number of nitrogens with one attached hydrogen (secondary N) is 2. The van der Waals surface area contributed by atoms with Crippen LogP contribution in [0.4, 0.5) is 23.1 Å². The molecule has 0 radical (unpaired) electrons. The lowest BCUT2D eigenvalue weighted by Gasteiger charge is -2.22. The number of hydrogen-bond donors (Lipinski definition) is 8. The van der Waals surface area contributed by atoms with Crippen molar-refractivity contribution < 1.29 is 49.2 Å². The second kappa shape index (κ2) is 28.7. The number of hydrogen-bond acceptors (Lipinski definition) is 16. The van der Waals surface area contributed by atoms with Crippen LogP contribution in [0.2, 0.25) is 0 Å². The zero-order chi connectivity index (χ0) is 58.7. The smallest absolute Gasteiger partial charge is 0.326 e. The Hall–Kier alpha value is -9.08. The fraction of sp³-hybridized carbons (Fsp3) is 0.357. The number of nitrogen functional groups attached to an aromatic ring is 2. The molecule has 416 valence electrons. The number of anilines is 4. The van der Waals surface area contributed by atoms with Gasteiger partial charge in [-0.2, -0.15) is 9.97 Å². The van der Waals surface area contributed by atoms with E-state index in [2.05, 4.69) is 101 Å². The van der Waals surface area contributed by atoms with Crippen molar-refractivity contribution in [3.05, 3.63) is 132 Å². The number of allylic oxidation sites excluding steroid dienone is 2. The number of carboxylic acid groups (broad SMARTS) is 4. The Labute approximate surface area is 453 Å². The molecule has 0 aliphatic rings. The van der Waals surface area contributed by atoms with E-state index in [1.165, 1.54) is 0 Å². The molecule has 0 fully saturated rings. The summed E-state index contributed by atoms with van der Waals surface area (Å²) in [7, 11) is 3.77. The maximum Gasteiger partial charge on any atom is 0.326 e. The molecular weight excluding hydrogens is 1000 g/mol. The van der Waals surface area contributed by atoms with Gasteiger partial charge in [0.05, 0.1) is 11.1 Å². The number of nitrogens with zero attached hydrogens (tertiary/aromatic N) is 8. The van der Waals surface area contributed by atoms with Crippen LogP contribution in [0, 0.1) is 12.3 Å². The summed E-state index contributed by atoms with van der Waals surface area (Å²) in [5, 5.41) is 42.2. The molecule has 78 heavy (non-hydrogen) atoms. The maximum absolute atomic E-state index is 12.5. The molecule has 0 aliphatic heterocycles. The lowest BCUT2D eigenvalue weighted by Crippen LogP contribution is -2.41. The zero-order valence-electron chi connectivity index (χ0n) is 45.9. The van der Waals surface area contributed by atoms with Crippen molar-refractivity contribution in [1.82, 2.24) is 40.5 Å². The van der Waals surface area contributed by atoms with Gasteiger partial charge in [-0.3, -0.25) is 19.2 Å². The molecule has 0 aliphatic carbocycles. The van der Waals surface area contributed by atoms with Crippen molar-refractivity contribution in [2.24, 2.45) is 5.41 Å². The summed E-state index contributed by atoms with van der Waals surface area (Å²) < 4.78 is 0. The van der Waals surface area contributed by atoms with Gasteiger partial charge < -0.3 is 52.3 Å². The molecule has 22 nitrogen and oxygen atoms in total. The lowest BCUT2D eigenvalue weighted by molar-refractivity contribution is -0.142. The van der Waals surface area contributed by atoms with E-state index < -0.39 is 47.8 Å². The quantitative estimate of drug-likeness (QED) is 0.0384. The minimum absolute atomic E-state index is 0.0538. The number of fused-ring (bicyclic) bond motifs is 2. The van der Waals surface area contributed by atoms with Crippen LogP contribution in [0.5, 0.6) is 0 Å². The van der Waals surface area contributed by atoms with Crippen LogP contribution in [0.3, 0.4) is 0 Å². The zero-order valence-corrected chi connectivity index (χ0v) is 45.9. The van der Waals surface area contributed by atoms with E-state index in [0.29, 0.717) is 41.0 Å². The van der Waals surface area contributed by atoms with Crippen molar-refractivity contribution in [2.75, 3.05) is 35.4 Å². The molecule has 2 amide bonds. The Morgan fingerprint density at radius 2 is 1.03 bits per heavy atom. The number of nitrogens with two attached hydrogens (primary N) is 2. The SMILES string of the molecule is C=CC.C=CC(C)(C)C.CN(Cc1cnc2nc(N)nc(N)c2c1)c1ccc(C(=O)NC(CCC(=O)O)C(=O)O)cc1.Cc1nc(C(C)(C)C)c2cc(CN(C)c3ccc(C(=O)NC(CCC(=O)O)C(=O)O)cc3)cnc2n1. The normalized spacial score (nSPS) is 11.6. The number of carboxylic acids is 4. The average Bonchev–Trinajstić information content (AvgIpc) is 3.36. The molecule has 2 atom stereocenters. The van der Waals surface area contributed by atoms with E-state index in [-0.39, 0.29) is 54.0 Å². The topological polar surface area (TPSA) is 343 Å². The van der Waals surface area contributed by atoms with E-state index >= 15 is 0 Å². The molecule has 2 unspecified atom stereocenters. The third-order valence-electron chi connectivity index (χ3n) is 11.2. The summed E-state index contributed by atoms with van der Waals surface area (Å²) in [4.78, 5) is 98.8. The highest BCUT2D eigenvalue weighted by Gasteiger charge is 2.24. The van der Waals surface area contributed by atoms with E-state index in [9.17, 15) is 39.0 Å². The molecule has 10 N–H and O–H groups in total. The van der Waals surface area contributed by atoms with Gasteiger partial charge in [0.15, 0.2) is 11.3 Å². The Bertz CT molecular complexity index is 3080. The third kappa shape index (κ3) is 20.2. The van der Waals surface area contributed by atoms with E-state index in [1.807, 2.05) is 49.9 Å². The van der Waals surface area contributed by atoms with Crippen molar-refractivity contribution in [3.63, 3.8) is 0 Å². The van der Waals surface area contributed by atoms with Crippen molar-refractivity contribution in [1.29, 1.82) is 0 Å². The van der Waals surface area contributed by atoms with Gasteiger partial charge in [-0.15, -0.1) is 13.2 Å². The molecule has 0 saturated heterocycles. The molecule has 6 aromatic rings. The van der Waals surface area contributed by atoms with Crippen LogP contribution < -0.4 is 31.9 Å². The molecule has 22 heteroatoms. The monoisotopic (exact) mass is 1070 g/mol. The predicted molar refractivity (Wildman–Crippen MR) is 301 cm³/mol. The van der Waals surface area contributed by atoms with Crippen LogP contribution in [0.1, 0.15) is 118 Å². The molecule has 0 saturated carbocycles. The molecule has 6 rings (SSSR count). The average molecular weight is 1070 g/mol. The summed E-state index contributed by atoms with van der Waals surface area (Å²) in [6.07, 6.45) is 6.02. The number of amides is 2. The molecule has 0 spiro atoms. The number of carbonyl (C=O) groups excluding carboxylic acids is 2. The molecule has 4 aromatic heterocycles. The van der Waals surface area contributed by atoms with Crippen LogP contribution >= 0.6 is 0 Å². The second-order valence-electron chi connectivity index (χ2n) is 20.1. The number of aromatic nitrogens is 6. The highest BCUT2D eigenvalue weighted by molar-refractivity contribution is 5.98. The molecule has 4 heterocycles. The summed E-state index contributed by atoms with van der Waals surface area (Å²) >= 11 is 0. The van der Waals surface area contributed by atoms with Crippen molar-refractivity contribution in [3.8, 4) is 0 Å².